The number of carbonyl (C=O) groups is 3. The maximum atomic E-state index is 11.9. The summed E-state index contributed by atoms with van der Waals surface area (Å²) in [7, 11) is 0. The van der Waals surface area contributed by atoms with Gasteiger partial charge in [0.25, 0.3) is 0 Å². The van der Waals surface area contributed by atoms with Gasteiger partial charge in [-0.05, 0) is 18.8 Å². The summed E-state index contributed by atoms with van der Waals surface area (Å²) in [4.78, 5) is 34.8. The van der Waals surface area contributed by atoms with Crippen molar-refractivity contribution < 1.29 is 19.5 Å². The first kappa shape index (κ1) is 14.4. The fraction of sp³-hybridized carbons (Fsp3) is 0.727. The number of nitrogens with two attached hydrogens (primary N) is 2. The summed E-state index contributed by atoms with van der Waals surface area (Å²) in [6.07, 6.45) is 1.42. The summed E-state index contributed by atoms with van der Waals surface area (Å²) in [6.45, 7) is 0.943. The van der Waals surface area contributed by atoms with Gasteiger partial charge in [0.15, 0.2) is 0 Å². The molecule has 1 aliphatic heterocycles. The lowest BCUT2D eigenvalue weighted by Gasteiger charge is -2.33. The molecule has 0 saturated carbocycles. The lowest BCUT2D eigenvalue weighted by atomic mass is 9.94. The molecule has 0 aliphatic carbocycles. The summed E-state index contributed by atoms with van der Waals surface area (Å²) < 4.78 is 0. The third kappa shape index (κ3) is 4.33. The van der Waals surface area contributed by atoms with Crippen LogP contribution in [0, 0.1) is 5.92 Å². The first-order chi connectivity index (χ1) is 8.40. The molecular weight excluding hydrogens is 238 g/mol. The molecule has 1 aliphatic rings. The lowest BCUT2D eigenvalue weighted by molar-refractivity contribution is -0.141. The number of amides is 2. The van der Waals surface area contributed by atoms with Gasteiger partial charge >= 0.3 is 5.97 Å². The number of likely N-dealkylation sites (tertiary alicyclic amines) is 1. The Kier molecular flexibility index (Phi) is 5.08. The van der Waals surface area contributed by atoms with E-state index in [0.29, 0.717) is 13.1 Å². The van der Waals surface area contributed by atoms with Crippen molar-refractivity contribution in [3.8, 4) is 0 Å². The highest BCUT2D eigenvalue weighted by atomic mass is 16.4. The predicted octanol–water partition coefficient (Wildman–Crippen LogP) is -1.10. The van der Waals surface area contributed by atoms with Gasteiger partial charge in [0.2, 0.25) is 11.8 Å². The molecule has 2 amide bonds. The molecule has 1 heterocycles. The number of hydrogen-bond acceptors (Lipinski definition) is 4. The number of carboxylic acid groups (broad SMARTS) is 1. The molecule has 2 unspecified atom stereocenters. The van der Waals surface area contributed by atoms with Gasteiger partial charge in [-0.1, -0.05) is 0 Å². The maximum Gasteiger partial charge on any atom is 0.303 e. The monoisotopic (exact) mass is 257 g/mol. The van der Waals surface area contributed by atoms with Gasteiger partial charge in [-0.3, -0.25) is 14.4 Å². The van der Waals surface area contributed by atoms with E-state index >= 15 is 0 Å². The third-order valence-electron chi connectivity index (χ3n) is 3.03. The van der Waals surface area contributed by atoms with E-state index in [9.17, 15) is 14.4 Å². The Balaban J connectivity index is 2.52. The van der Waals surface area contributed by atoms with Crippen LogP contribution in [0.25, 0.3) is 0 Å². The van der Waals surface area contributed by atoms with Crippen molar-refractivity contribution in [2.45, 2.75) is 31.7 Å². The Labute approximate surface area is 105 Å². The molecule has 0 bridgehead atoms. The van der Waals surface area contributed by atoms with E-state index in [1.165, 1.54) is 4.90 Å². The molecule has 1 saturated heterocycles. The summed E-state index contributed by atoms with van der Waals surface area (Å²) in [5.74, 6) is -1.85. The van der Waals surface area contributed by atoms with Crippen molar-refractivity contribution in [2.75, 3.05) is 13.1 Å². The van der Waals surface area contributed by atoms with Gasteiger partial charge in [0, 0.05) is 19.5 Å². The number of rotatable bonds is 5. The van der Waals surface area contributed by atoms with Crippen molar-refractivity contribution in [3.63, 3.8) is 0 Å². The molecule has 102 valence electrons. The Morgan fingerprint density at radius 1 is 1.39 bits per heavy atom. The van der Waals surface area contributed by atoms with Crippen LogP contribution in [-0.2, 0) is 14.4 Å². The standard InChI is InChI=1S/C11H19N3O4/c12-8(5-9(13)15)11(18)14-3-1-2-7(6-14)4-10(16)17/h7-8H,1-6,12H2,(H2,13,15)(H,16,17). The highest BCUT2D eigenvalue weighted by molar-refractivity contribution is 5.87. The topological polar surface area (TPSA) is 127 Å². The second-order valence-corrected chi connectivity index (χ2v) is 4.67. The normalized spacial score (nSPS) is 21.4. The number of piperidine rings is 1. The molecule has 7 heteroatoms. The van der Waals surface area contributed by atoms with Gasteiger partial charge < -0.3 is 21.5 Å². The van der Waals surface area contributed by atoms with Crippen molar-refractivity contribution in [1.29, 1.82) is 0 Å². The van der Waals surface area contributed by atoms with E-state index < -0.39 is 17.9 Å². The number of nitrogens with zero attached hydrogens (tertiary/aromatic N) is 1. The van der Waals surface area contributed by atoms with Gasteiger partial charge in [-0.15, -0.1) is 0 Å². The average Bonchev–Trinajstić information content (AvgIpc) is 2.26. The molecule has 5 N–H and O–H groups in total. The van der Waals surface area contributed by atoms with E-state index in [1.54, 1.807) is 0 Å². The van der Waals surface area contributed by atoms with Gasteiger partial charge in [-0.2, -0.15) is 0 Å². The molecule has 0 spiro atoms. The number of hydrogen-bond donors (Lipinski definition) is 3. The SMILES string of the molecule is NC(=O)CC(N)C(=O)N1CCCC(CC(=O)O)C1. The largest absolute Gasteiger partial charge is 0.481 e. The second kappa shape index (κ2) is 6.34. The molecule has 2 atom stereocenters. The maximum absolute atomic E-state index is 11.9. The summed E-state index contributed by atoms with van der Waals surface area (Å²) in [5.41, 5.74) is 10.6. The van der Waals surface area contributed by atoms with Crippen LogP contribution in [0.15, 0.2) is 0 Å². The second-order valence-electron chi connectivity index (χ2n) is 4.67. The Morgan fingerprint density at radius 3 is 2.61 bits per heavy atom. The van der Waals surface area contributed by atoms with Gasteiger partial charge in [-0.25, -0.2) is 0 Å². The molecule has 0 aromatic heterocycles. The van der Waals surface area contributed by atoms with Crippen LogP contribution in [0.2, 0.25) is 0 Å². The van der Waals surface area contributed by atoms with Crippen LogP contribution in [0.1, 0.15) is 25.7 Å². The van der Waals surface area contributed by atoms with Crippen LogP contribution in [0.3, 0.4) is 0 Å². The average molecular weight is 257 g/mol. The van der Waals surface area contributed by atoms with Crippen molar-refractivity contribution >= 4 is 17.8 Å². The van der Waals surface area contributed by atoms with E-state index in [1.807, 2.05) is 0 Å². The highest BCUT2D eigenvalue weighted by Gasteiger charge is 2.28. The van der Waals surface area contributed by atoms with Gasteiger partial charge in [0.05, 0.1) is 12.5 Å². The van der Waals surface area contributed by atoms with Crippen molar-refractivity contribution in [2.24, 2.45) is 17.4 Å². The molecule has 1 fully saturated rings. The molecule has 7 nitrogen and oxygen atoms in total. The van der Waals surface area contributed by atoms with Gasteiger partial charge in [0.1, 0.15) is 0 Å². The number of aliphatic carboxylic acids is 1. The van der Waals surface area contributed by atoms with Crippen molar-refractivity contribution in [3.05, 3.63) is 0 Å². The van der Waals surface area contributed by atoms with Crippen LogP contribution >= 0.6 is 0 Å². The number of carbonyl (C=O) groups excluding carboxylic acids is 2. The number of primary amides is 1. The minimum atomic E-state index is -0.925. The number of carboxylic acids is 1. The molecule has 18 heavy (non-hydrogen) atoms. The fourth-order valence-corrected chi connectivity index (χ4v) is 2.22. The zero-order chi connectivity index (χ0) is 13.7. The lowest BCUT2D eigenvalue weighted by Crippen LogP contribution is -2.49. The minimum Gasteiger partial charge on any atom is -0.481 e. The summed E-state index contributed by atoms with van der Waals surface area (Å²) in [6, 6.07) is -0.925. The zero-order valence-electron chi connectivity index (χ0n) is 10.2. The van der Waals surface area contributed by atoms with Crippen LogP contribution in [-0.4, -0.2) is 46.9 Å². The first-order valence-corrected chi connectivity index (χ1v) is 5.94. The molecular formula is C11H19N3O4. The van der Waals surface area contributed by atoms with E-state index in [2.05, 4.69) is 0 Å². The summed E-state index contributed by atoms with van der Waals surface area (Å²) >= 11 is 0. The molecule has 0 aromatic rings. The Bertz CT molecular complexity index is 345. The van der Waals surface area contributed by atoms with Crippen LogP contribution < -0.4 is 11.5 Å². The van der Waals surface area contributed by atoms with E-state index in [4.69, 9.17) is 16.6 Å². The van der Waals surface area contributed by atoms with Crippen molar-refractivity contribution in [1.82, 2.24) is 4.90 Å². The smallest absolute Gasteiger partial charge is 0.303 e. The Morgan fingerprint density at radius 2 is 2.06 bits per heavy atom. The van der Waals surface area contributed by atoms with Crippen LogP contribution in [0.5, 0.6) is 0 Å². The third-order valence-corrected chi connectivity index (χ3v) is 3.03. The van der Waals surface area contributed by atoms with Crippen LogP contribution in [0.4, 0.5) is 0 Å². The zero-order valence-corrected chi connectivity index (χ0v) is 10.2. The van der Waals surface area contributed by atoms with E-state index in [-0.39, 0.29) is 24.7 Å². The minimum absolute atomic E-state index is 0.0408. The highest BCUT2D eigenvalue weighted by Crippen LogP contribution is 2.20. The fourth-order valence-electron chi connectivity index (χ4n) is 2.22. The molecule has 0 aromatic carbocycles. The Hall–Kier alpha value is -1.63. The summed E-state index contributed by atoms with van der Waals surface area (Å²) in [5, 5.41) is 8.73. The predicted molar refractivity (Wildman–Crippen MR) is 63.3 cm³/mol. The first-order valence-electron chi connectivity index (χ1n) is 5.94. The van der Waals surface area contributed by atoms with E-state index in [0.717, 1.165) is 12.8 Å². The molecule has 1 rings (SSSR count). The molecule has 0 radical (unpaired) electrons. The quantitative estimate of drug-likeness (QED) is 0.576.